The van der Waals surface area contributed by atoms with Crippen LogP contribution in [0, 0.1) is 0 Å². The molecule has 0 radical (unpaired) electrons. The van der Waals surface area contributed by atoms with E-state index in [1.807, 2.05) is 16.2 Å². The van der Waals surface area contributed by atoms with E-state index in [9.17, 15) is 4.79 Å². The highest BCUT2D eigenvalue weighted by atomic mass is 35.5. The maximum Gasteiger partial charge on any atom is 0.322 e. The fourth-order valence-corrected chi connectivity index (χ4v) is 6.15. The summed E-state index contributed by atoms with van der Waals surface area (Å²) in [5.74, 6) is 0.584. The predicted molar refractivity (Wildman–Crippen MR) is 125 cm³/mol. The largest absolute Gasteiger partial charge is 0.495 e. The number of methoxy groups -OCH3 is 1. The molecule has 8 heteroatoms. The lowest BCUT2D eigenvalue weighted by atomic mass is 10.0. The lowest BCUT2D eigenvalue weighted by Gasteiger charge is -2.29. The average molecular weight is 457 g/mol. The molecule has 1 N–H and O–H groups in total. The monoisotopic (exact) mass is 456 g/mol. The lowest BCUT2D eigenvalue weighted by molar-refractivity contribution is 0.189. The van der Waals surface area contributed by atoms with E-state index in [1.165, 1.54) is 21.0 Å². The summed E-state index contributed by atoms with van der Waals surface area (Å²) >= 11 is 8.02. The van der Waals surface area contributed by atoms with Gasteiger partial charge in [0.1, 0.15) is 10.8 Å². The van der Waals surface area contributed by atoms with Crippen molar-refractivity contribution in [1.29, 1.82) is 0 Å². The number of aromatic nitrogens is 1. The molecular formula is C23H25ClN4O2S. The summed E-state index contributed by atoms with van der Waals surface area (Å²) in [6.45, 7) is 4.65. The number of urea groups is 1. The zero-order valence-corrected chi connectivity index (χ0v) is 19.4. The van der Waals surface area contributed by atoms with Crippen molar-refractivity contribution in [2.24, 2.45) is 0 Å². The first-order valence-electron chi connectivity index (χ1n) is 10.4. The number of halogens is 1. The maximum atomic E-state index is 13.5. The fourth-order valence-electron chi connectivity index (χ4n) is 4.54. The molecule has 0 bridgehead atoms. The minimum atomic E-state index is -0.165. The molecule has 0 saturated heterocycles. The van der Waals surface area contributed by atoms with Gasteiger partial charge in [-0.25, -0.2) is 4.79 Å². The molecule has 31 heavy (non-hydrogen) atoms. The van der Waals surface area contributed by atoms with Crippen molar-refractivity contribution >= 4 is 34.7 Å². The van der Waals surface area contributed by atoms with Gasteiger partial charge in [-0.2, -0.15) is 0 Å². The maximum absolute atomic E-state index is 13.5. The number of carbonyl (C=O) groups excluding carboxylic acids is 1. The van der Waals surface area contributed by atoms with Crippen molar-refractivity contribution in [1.82, 2.24) is 14.4 Å². The number of benzene rings is 1. The quantitative estimate of drug-likeness (QED) is 0.569. The fraction of sp³-hybridized carbons (Fsp3) is 0.348. The summed E-state index contributed by atoms with van der Waals surface area (Å²) < 4.78 is 7.67. The number of fused-ring (bicyclic) bond motifs is 5. The molecule has 0 spiro atoms. The molecule has 0 fully saturated rings. The SMILES string of the molecule is COc1ccc(Cl)cc1NC(=O)N1Cc2c(sc3c2CCN(C)C3)-n2cccc2C1C. The number of rotatable bonds is 2. The number of carbonyl (C=O) groups is 1. The van der Waals surface area contributed by atoms with Crippen LogP contribution in [0.5, 0.6) is 5.75 Å². The lowest BCUT2D eigenvalue weighted by Crippen LogP contribution is -2.36. The van der Waals surface area contributed by atoms with E-state index in [-0.39, 0.29) is 12.1 Å². The minimum absolute atomic E-state index is 0.0818. The molecule has 1 unspecified atom stereocenters. The van der Waals surface area contributed by atoms with E-state index in [0.29, 0.717) is 23.0 Å². The van der Waals surface area contributed by atoms with Crippen LogP contribution < -0.4 is 10.1 Å². The van der Waals surface area contributed by atoms with Gasteiger partial charge in [0.25, 0.3) is 0 Å². The normalized spacial score (nSPS) is 18.1. The van der Waals surface area contributed by atoms with Gasteiger partial charge in [-0.3, -0.25) is 0 Å². The van der Waals surface area contributed by atoms with Crippen LogP contribution >= 0.6 is 22.9 Å². The Bertz CT molecular complexity index is 1150. The van der Waals surface area contributed by atoms with Crippen LogP contribution in [0.4, 0.5) is 10.5 Å². The zero-order valence-electron chi connectivity index (χ0n) is 17.8. The average Bonchev–Trinajstić information content (AvgIpc) is 3.33. The molecule has 2 amide bonds. The van der Waals surface area contributed by atoms with Gasteiger partial charge in [0.2, 0.25) is 0 Å². The van der Waals surface area contributed by atoms with E-state index in [4.69, 9.17) is 16.3 Å². The Labute approximate surface area is 191 Å². The molecule has 4 heterocycles. The molecule has 3 aromatic rings. The summed E-state index contributed by atoms with van der Waals surface area (Å²) in [4.78, 5) is 19.2. The van der Waals surface area contributed by atoms with Crippen molar-refractivity contribution < 1.29 is 9.53 Å². The standard InChI is InChI=1S/C23H25ClN4O2S/c1-14-19-5-4-9-27(19)22-17(16-8-10-26(2)13-21(16)31-22)12-28(14)23(29)25-18-11-15(24)6-7-20(18)30-3/h4-7,9,11,14H,8,10,12-13H2,1-3H3,(H,25,29). The Hall–Kier alpha value is -2.48. The van der Waals surface area contributed by atoms with Gasteiger partial charge in [0.05, 0.1) is 25.4 Å². The van der Waals surface area contributed by atoms with E-state index < -0.39 is 0 Å². The first-order valence-corrected chi connectivity index (χ1v) is 11.6. The molecule has 5 rings (SSSR count). The van der Waals surface area contributed by atoms with Gasteiger partial charge >= 0.3 is 6.03 Å². The second-order valence-electron chi connectivity index (χ2n) is 8.16. The summed E-state index contributed by atoms with van der Waals surface area (Å²) in [6.07, 6.45) is 3.12. The van der Waals surface area contributed by atoms with Crippen LogP contribution in [-0.4, -0.2) is 41.1 Å². The third-order valence-corrected chi connectivity index (χ3v) is 7.72. The van der Waals surface area contributed by atoms with Crippen molar-refractivity contribution in [3.8, 4) is 10.8 Å². The first-order chi connectivity index (χ1) is 15.0. The molecule has 1 atom stereocenters. The second-order valence-corrected chi connectivity index (χ2v) is 9.68. The Morgan fingerprint density at radius 2 is 2.10 bits per heavy atom. The van der Waals surface area contributed by atoms with Crippen molar-refractivity contribution in [3.63, 3.8) is 0 Å². The van der Waals surface area contributed by atoms with Gasteiger partial charge < -0.3 is 24.4 Å². The number of hydrogen-bond donors (Lipinski definition) is 1. The molecule has 162 valence electrons. The van der Waals surface area contributed by atoms with Crippen molar-refractivity contribution in [3.05, 3.63) is 63.2 Å². The summed E-state index contributed by atoms with van der Waals surface area (Å²) in [6, 6.07) is 9.14. The summed E-state index contributed by atoms with van der Waals surface area (Å²) in [7, 11) is 3.75. The van der Waals surface area contributed by atoms with E-state index in [1.54, 1.807) is 25.3 Å². The van der Waals surface area contributed by atoms with Crippen LogP contribution in [0.1, 0.15) is 34.7 Å². The van der Waals surface area contributed by atoms with Gasteiger partial charge in [-0.1, -0.05) is 11.6 Å². The van der Waals surface area contributed by atoms with E-state index in [2.05, 4.69) is 47.1 Å². The summed E-state index contributed by atoms with van der Waals surface area (Å²) in [5, 5.41) is 4.81. The molecule has 2 aliphatic heterocycles. The summed E-state index contributed by atoms with van der Waals surface area (Å²) in [5.41, 5.74) is 4.35. The highest BCUT2D eigenvalue weighted by Gasteiger charge is 2.33. The number of hydrogen-bond acceptors (Lipinski definition) is 4. The topological polar surface area (TPSA) is 49.7 Å². The first kappa shape index (κ1) is 20.4. The van der Waals surface area contributed by atoms with Crippen LogP contribution in [0.25, 0.3) is 5.00 Å². The van der Waals surface area contributed by atoms with Crippen LogP contribution in [0.3, 0.4) is 0 Å². The molecule has 2 aromatic heterocycles. The van der Waals surface area contributed by atoms with E-state index >= 15 is 0 Å². The van der Waals surface area contributed by atoms with Crippen LogP contribution in [-0.2, 0) is 19.5 Å². The molecule has 1 aromatic carbocycles. The number of anilines is 1. The molecule has 6 nitrogen and oxygen atoms in total. The molecule has 2 aliphatic rings. The van der Waals surface area contributed by atoms with Crippen molar-refractivity contribution in [2.75, 3.05) is 26.0 Å². The highest BCUT2D eigenvalue weighted by molar-refractivity contribution is 7.15. The second kappa shape index (κ2) is 7.89. The molecule has 0 saturated carbocycles. The number of nitrogens with one attached hydrogen (secondary N) is 1. The number of likely N-dealkylation sites (N-methyl/N-ethyl adjacent to an activating group) is 1. The Kier molecular flexibility index (Phi) is 5.20. The van der Waals surface area contributed by atoms with Crippen molar-refractivity contribution in [2.45, 2.75) is 32.5 Å². The highest BCUT2D eigenvalue weighted by Crippen LogP contribution is 2.41. The minimum Gasteiger partial charge on any atom is -0.495 e. The Balaban J connectivity index is 1.54. The van der Waals surface area contributed by atoms with E-state index in [0.717, 1.165) is 25.2 Å². The number of thiophene rings is 1. The van der Waals surface area contributed by atoms with Crippen LogP contribution in [0.15, 0.2) is 36.5 Å². The molecular weight excluding hydrogens is 432 g/mol. The molecule has 0 aliphatic carbocycles. The van der Waals surface area contributed by atoms with Gasteiger partial charge in [-0.15, -0.1) is 11.3 Å². The number of amides is 2. The van der Waals surface area contributed by atoms with Gasteiger partial charge in [0.15, 0.2) is 0 Å². The zero-order chi connectivity index (χ0) is 21.7. The number of ether oxygens (including phenoxy) is 1. The Morgan fingerprint density at radius 1 is 1.26 bits per heavy atom. The van der Waals surface area contributed by atoms with Gasteiger partial charge in [-0.05, 0) is 56.3 Å². The third-order valence-electron chi connectivity index (χ3n) is 6.22. The third kappa shape index (κ3) is 3.50. The smallest absolute Gasteiger partial charge is 0.322 e. The predicted octanol–water partition coefficient (Wildman–Crippen LogP) is 5.30. The van der Waals surface area contributed by atoms with Gasteiger partial charge in [0, 0.05) is 40.4 Å². The Morgan fingerprint density at radius 3 is 2.90 bits per heavy atom. The van der Waals surface area contributed by atoms with Crippen LogP contribution in [0.2, 0.25) is 5.02 Å². The number of nitrogens with zero attached hydrogens (tertiary/aromatic N) is 3.